The minimum atomic E-state index is -4.83. The van der Waals surface area contributed by atoms with Crippen LogP contribution in [0.1, 0.15) is 31.4 Å². The van der Waals surface area contributed by atoms with Crippen LogP contribution < -0.4 is 5.32 Å². The number of nitrogens with zero attached hydrogens (tertiary/aromatic N) is 5. The minimum Gasteiger partial charge on any atom is -0.388 e. The highest BCUT2D eigenvalue weighted by Crippen LogP contribution is 2.56. The maximum Gasteiger partial charge on any atom is 0.340 e. The third-order valence-electron chi connectivity index (χ3n) is 6.53. The molecule has 6 N–H and O–H groups in total. The number of anilines is 1. The quantitative estimate of drug-likeness (QED) is 0.144. The molecule has 0 amide bonds. The number of halogens is 2. The number of hydrogen-bond donors (Lipinski definition) is 6. The van der Waals surface area contributed by atoms with Crippen molar-refractivity contribution >= 4 is 55.4 Å². The van der Waals surface area contributed by atoms with Gasteiger partial charge in [0.25, 0.3) is 0 Å². The molecule has 5 atom stereocenters. The minimum absolute atomic E-state index is 0.0177. The molecule has 1 unspecified atom stereocenters. The highest BCUT2D eigenvalue weighted by atomic mass is 35.5. The summed E-state index contributed by atoms with van der Waals surface area (Å²) in [5, 5.41) is 34.1. The van der Waals surface area contributed by atoms with Crippen molar-refractivity contribution in [3.63, 3.8) is 0 Å². The molecule has 1 aromatic carbocycles. The van der Waals surface area contributed by atoms with E-state index in [1.54, 1.807) is 19.1 Å². The van der Waals surface area contributed by atoms with Crippen LogP contribution in [0.25, 0.3) is 11.2 Å². The van der Waals surface area contributed by atoms with Crippen molar-refractivity contribution in [1.82, 2.24) is 25.0 Å². The van der Waals surface area contributed by atoms with Crippen LogP contribution in [0.5, 0.6) is 0 Å². The number of benzene rings is 1. The van der Waals surface area contributed by atoms with Crippen molar-refractivity contribution < 1.29 is 38.5 Å². The van der Waals surface area contributed by atoms with Crippen molar-refractivity contribution in [1.29, 1.82) is 0 Å². The zero-order valence-corrected chi connectivity index (χ0v) is 23.2. The molecular weight excluding hydrogens is 585 g/mol. The van der Waals surface area contributed by atoms with Gasteiger partial charge in [0.15, 0.2) is 22.9 Å². The van der Waals surface area contributed by atoms with E-state index in [0.717, 1.165) is 5.56 Å². The fourth-order valence-electron chi connectivity index (χ4n) is 4.59. The molecule has 1 saturated carbocycles. The summed E-state index contributed by atoms with van der Waals surface area (Å²) in [6, 6.07) is 6.33. The zero-order chi connectivity index (χ0) is 27.9. The lowest BCUT2D eigenvalue weighted by Gasteiger charge is -2.32. The van der Waals surface area contributed by atoms with Gasteiger partial charge in [-0.3, -0.25) is 9.13 Å². The van der Waals surface area contributed by atoms with E-state index in [4.69, 9.17) is 37.5 Å². The Balaban J connectivity index is 1.60. The maximum absolute atomic E-state index is 12.1. The van der Waals surface area contributed by atoms with E-state index in [1.807, 2.05) is 12.1 Å². The molecule has 0 spiro atoms. The summed E-state index contributed by atoms with van der Waals surface area (Å²) in [5.74, 6) is -1.99. The van der Waals surface area contributed by atoms with Crippen LogP contribution in [0.15, 0.2) is 24.3 Å². The van der Waals surface area contributed by atoms with Crippen LogP contribution in [0, 0.1) is 5.92 Å². The second-order valence-electron chi connectivity index (χ2n) is 9.02. The molecule has 2 heterocycles. The van der Waals surface area contributed by atoms with Gasteiger partial charge >= 0.3 is 15.2 Å². The Morgan fingerprint density at radius 2 is 1.92 bits per heavy atom. The Hall–Kier alpha value is -1.70. The highest BCUT2D eigenvalue weighted by Gasteiger charge is 2.54. The molecular formula is C20H26Cl2N6O8P2. The van der Waals surface area contributed by atoms with Crippen molar-refractivity contribution in [3.8, 4) is 0 Å². The first-order chi connectivity index (χ1) is 17.7. The summed E-state index contributed by atoms with van der Waals surface area (Å²) in [7, 11) is -9.50. The average Bonchev–Trinajstić information content (AvgIpc) is 3.34. The number of aromatic nitrogens is 5. The van der Waals surface area contributed by atoms with Gasteiger partial charge in [0, 0.05) is 17.5 Å². The number of rotatable bonds is 10. The summed E-state index contributed by atoms with van der Waals surface area (Å²) in [6.07, 6.45) is -1.36. The topological polar surface area (TPSA) is 213 Å². The second-order valence-corrected chi connectivity index (χ2v) is 13.8. The largest absolute Gasteiger partial charge is 0.388 e. The van der Waals surface area contributed by atoms with Gasteiger partial charge in [-0.1, -0.05) is 41.9 Å². The average molecular weight is 611 g/mol. The Kier molecular flexibility index (Phi) is 8.52. The SMILES string of the molecule is CC[C@@]1(O)[C@@H](COP(=O)(O)CP(=O)(O)O)C[C@@H](n2nnc3c(NCc4ccccc4Cl)nc(Cl)nc32)[C@@H]1O. The van der Waals surface area contributed by atoms with Gasteiger partial charge in [0.1, 0.15) is 6.10 Å². The van der Waals surface area contributed by atoms with E-state index in [1.165, 1.54) is 4.68 Å². The molecule has 0 radical (unpaired) electrons. The third-order valence-corrected chi connectivity index (χ3v) is 10.5. The van der Waals surface area contributed by atoms with E-state index in [2.05, 4.69) is 25.6 Å². The first-order valence-electron chi connectivity index (χ1n) is 11.4. The van der Waals surface area contributed by atoms with E-state index in [9.17, 15) is 24.2 Å². The molecule has 0 aliphatic heterocycles. The maximum atomic E-state index is 12.1. The predicted molar refractivity (Wildman–Crippen MR) is 138 cm³/mol. The first-order valence-corrected chi connectivity index (χ1v) is 15.7. The van der Waals surface area contributed by atoms with Crippen molar-refractivity contribution in [2.45, 2.75) is 44.1 Å². The number of aliphatic hydroxyl groups excluding tert-OH is 1. The van der Waals surface area contributed by atoms with Crippen molar-refractivity contribution in [2.75, 3.05) is 17.8 Å². The standard InChI is InChI=1S/C20H26Cl2N6O8P2/c1-2-20(30)12(9-36-38(34,35)10-37(31,32)33)7-14(16(20)29)28-18-15(26-27-28)17(24-19(22)25-18)23-8-11-5-3-4-6-13(11)21/h3-6,12,14,16,29-30H,2,7-10H2,1H3,(H,34,35)(H,23,24,25)(H2,31,32,33)/t12-,14-,16+,20-/m1/s1. The molecule has 18 heteroatoms. The fourth-order valence-corrected chi connectivity index (χ4v) is 7.56. The Bertz CT molecular complexity index is 1420. The molecule has 4 rings (SSSR count). The van der Waals surface area contributed by atoms with E-state index in [-0.39, 0.29) is 35.1 Å². The number of nitrogens with one attached hydrogen (secondary N) is 1. The molecule has 38 heavy (non-hydrogen) atoms. The van der Waals surface area contributed by atoms with Crippen LogP contribution in [0.3, 0.4) is 0 Å². The van der Waals surface area contributed by atoms with Gasteiger partial charge in [-0.25, -0.2) is 4.68 Å². The van der Waals surface area contributed by atoms with Crippen molar-refractivity contribution in [3.05, 3.63) is 40.1 Å². The third kappa shape index (κ3) is 6.20. The number of hydrogen-bond acceptors (Lipinski definition) is 10. The van der Waals surface area contributed by atoms with Gasteiger partial charge < -0.3 is 34.7 Å². The van der Waals surface area contributed by atoms with Gasteiger partial charge in [0.05, 0.1) is 18.2 Å². The zero-order valence-electron chi connectivity index (χ0n) is 19.9. The molecule has 0 saturated heterocycles. The molecule has 1 fully saturated rings. The van der Waals surface area contributed by atoms with E-state index in [0.29, 0.717) is 11.6 Å². The lowest BCUT2D eigenvalue weighted by Crippen LogP contribution is -2.45. The molecule has 1 aliphatic carbocycles. The Morgan fingerprint density at radius 3 is 2.58 bits per heavy atom. The lowest BCUT2D eigenvalue weighted by molar-refractivity contribution is -0.0989. The van der Waals surface area contributed by atoms with Crippen LogP contribution in [-0.4, -0.2) is 74.1 Å². The normalized spacial score (nSPS) is 25.5. The summed E-state index contributed by atoms with van der Waals surface area (Å²) in [4.78, 5) is 36.3. The number of fused-ring (bicyclic) bond motifs is 1. The van der Waals surface area contributed by atoms with E-state index >= 15 is 0 Å². The van der Waals surface area contributed by atoms with Gasteiger partial charge in [0.2, 0.25) is 5.28 Å². The fraction of sp³-hybridized carbons (Fsp3) is 0.500. The molecule has 1 aliphatic rings. The van der Waals surface area contributed by atoms with Crippen LogP contribution in [0.2, 0.25) is 10.3 Å². The summed E-state index contributed by atoms with van der Waals surface area (Å²) < 4.78 is 29.5. The summed E-state index contributed by atoms with van der Waals surface area (Å²) in [6.45, 7) is 1.37. The molecule has 208 valence electrons. The van der Waals surface area contributed by atoms with Gasteiger partial charge in [-0.05, 0) is 36.1 Å². The van der Waals surface area contributed by atoms with Crippen molar-refractivity contribution in [2.24, 2.45) is 5.92 Å². The van der Waals surface area contributed by atoms with Crippen LogP contribution >= 0.6 is 38.4 Å². The molecule has 3 aromatic rings. The van der Waals surface area contributed by atoms with Gasteiger partial charge in [-0.2, -0.15) is 9.97 Å². The molecule has 0 bridgehead atoms. The van der Waals surface area contributed by atoms with Gasteiger partial charge in [-0.15, -0.1) is 5.10 Å². The highest BCUT2D eigenvalue weighted by molar-refractivity contribution is 7.70. The summed E-state index contributed by atoms with van der Waals surface area (Å²) >= 11 is 12.4. The predicted octanol–water partition coefficient (Wildman–Crippen LogP) is 2.54. The Labute approximate surface area is 226 Å². The molecule has 14 nitrogen and oxygen atoms in total. The summed E-state index contributed by atoms with van der Waals surface area (Å²) in [5.41, 5.74) is -0.557. The number of aliphatic hydroxyl groups is 2. The Morgan fingerprint density at radius 1 is 1.21 bits per heavy atom. The van der Waals surface area contributed by atoms with Crippen LogP contribution in [-0.2, 0) is 20.2 Å². The monoisotopic (exact) mass is 610 g/mol. The first kappa shape index (κ1) is 29.3. The second kappa shape index (κ2) is 11.1. The van der Waals surface area contributed by atoms with Crippen LogP contribution in [0.4, 0.5) is 5.82 Å². The van der Waals surface area contributed by atoms with E-state index < -0.39 is 51.4 Å². The lowest BCUT2D eigenvalue weighted by atomic mass is 9.87. The smallest absolute Gasteiger partial charge is 0.340 e. The molecule has 2 aromatic heterocycles.